The molecule has 6 nitrogen and oxygen atoms in total. The van der Waals surface area contributed by atoms with Crippen LogP contribution >= 0.6 is 0 Å². The Labute approximate surface area is 130 Å². The number of anilines is 1. The van der Waals surface area contributed by atoms with Crippen molar-refractivity contribution in [3.63, 3.8) is 0 Å². The summed E-state index contributed by atoms with van der Waals surface area (Å²) in [6.45, 7) is 8.84. The van der Waals surface area contributed by atoms with Crippen molar-refractivity contribution in [2.24, 2.45) is 5.41 Å². The van der Waals surface area contributed by atoms with Gasteiger partial charge in [0.15, 0.2) is 0 Å². The van der Waals surface area contributed by atoms with Crippen LogP contribution in [0, 0.1) is 5.41 Å². The molecule has 0 aliphatic heterocycles. The van der Waals surface area contributed by atoms with Crippen LogP contribution in [0.15, 0.2) is 23.0 Å². The molecule has 1 aromatic carbocycles. The molecule has 6 heteroatoms. The summed E-state index contributed by atoms with van der Waals surface area (Å²) in [5.74, 6) is 0.832. The van der Waals surface area contributed by atoms with Gasteiger partial charge in [-0.15, -0.1) is 0 Å². The molecule has 0 aliphatic carbocycles. The van der Waals surface area contributed by atoms with Crippen LogP contribution in [0.2, 0.25) is 0 Å². The molecule has 0 fully saturated rings. The largest absolute Gasteiger partial charge is 0.492 e. The fourth-order valence-corrected chi connectivity index (χ4v) is 2.26. The lowest BCUT2D eigenvalue weighted by Gasteiger charge is -2.25. The summed E-state index contributed by atoms with van der Waals surface area (Å²) >= 11 is 0. The maximum Gasteiger partial charge on any atom is 0.347 e. The van der Waals surface area contributed by atoms with E-state index in [0.29, 0.717) is 23.3 Å². The molecule has 0 unspecified atom stereocenters. The lowest BCUT2D eigenvalue weighted by molar-refractivity contribution is 0.178. The first-order valence-corrected chi connectivity index (χ1v) is 7.55. The maximum atomic E-state index is 11.4. The molecule has 0 spiro atoms. The van der Waals surface area contributed by atoms with Crippen LogP contribution in [0.5, 0.6) is 5.75 Å². The van der Waals surface area contributed by atoms with E-state index in [-0.39, 0.29) is 11.2 Å². The number of rotatable bonds is 7. The van der Waals surface area contributed by atoms with E-state index in [2.05, 4.69) is 36.1 Å². The molecule has 2 rings (SSSR count). The van der Waals surface area contributed by atoms with Crippen molar-refractivity contribution < 1.29 is 4.74 Å². The number of nitrogen functional groups attached to an aromatic ring is 1. The van der Waals surface area contributed by atoms with E-state index in [9.17, 15) is 4.79 Å². The highest BCUT2D eigenvalue weighted by atomic mass is 16.5. The maximum absolute atomic E-state index is 11.4. The molecule has 0 saturated carbocycles. The minimum atomic E-state index is -0.453. The Balaban J connectivity index is 2.17. The van der Waals surface area contributed by atoms with Gasteiger partial charge in [0, 0.05) is 12.0 Å². The van der Waals surface area contributed by atoms with Crippen molar-refractivity contribution in [2.45, 2.75) is 27.2 Å². The second kappa shape index (κ2) is 6.79. The van der Waals surface area contributed by atoms with Gasteiger partial charge in [0.05, 0.1) is 17.5 Å². The molecule has 0 bridgehead atoms. The number of fused-ring (bicyclic) bond motifs is 1. The third-order valence-electron chi connectivity index (χ3n) is 3.39. The second-order valence-electron chi connectivity index (χ2n) is 6.24. The zero-order chi connectivity index (χ0) is 16.2. The van der Waals surface area contributed by atoms with Crippen molar-refractivity contribution in [3.8, 4) is 5.75 Å². The highest BCUT2D eigenvalue weighted by Gasteiger charge is 2.19. The Morgan fingerprint density at radius 2 is 2.18 bits per heavy atom. The minimum Gasteiger partial charge on any atom is -0.492 e. The SMILES string of the molecule is CCCNCC(C)(C)COc1cccc2[nH]c(=O)nc(N)c12. The summed E-state index contributed by atoms with van der Waals surface area (Å²) < 4.78 is 5.95. The van der Waals surface area contributed by atoms with Gasteiger partial charge in [-0.3, -0.25) is 0 Å². The molecular weight excluding hydrogens is 280 g/mol. The number of nitrogens with zero attached hydrogens (tertiary/aromatic N) is 1. The first-order valence-electron chi connectivity index (χ1n) is 7.55. The van der Waals surface area contributed by atoms with E-state index in [1.54, 1.807) is 6.07 Å². The van der Waals surface area contributed by atoms with Crippen LogP contribution in [-0.4, -0.2) is 29.7 Å². The number of H-pyrrole nitrogens is 1. The van der Waals surface area contributed by atoms with Gasteiger partial charge in [-0.25, -0.2) is 4.79 Å². The van der Waals surface area contributed by atoms with E-state index in [4.69, 9.17) is 10.5 Å². The first-order chi connectivity index (χ1) is 10.4. The Kier molecular flexibility index (Phi) is 5.03. The first kappa shape index (κ1) is 16.3. The van der Waals surface area contributed by atoms with Crippen molar-refractivity contribution >= 4 is 16.7 Å². The van der Waals surface area contributed by atoms with Crippen LogP contribution in [0.4, 0.5) is 5.82 Å². The Hall–Kier alpha value is -2.08. The third kappa shape index (κ3) is 3.98. The van der Waals surface area contributed by atoms with Crippen molar-refractivity contribution in [3.05, 3.63) is 28.7 Å². The number of hydrogen-bond acceptors (Lipinski definition) is 5. The number of benzene rings is 1. The highest BCUT2D eigenvalue weighted by Crippen LogP contribution is 2.28. The molecule has 0 amide bonds. The molecule has 0 radical (unpaired) electrons. The zero-order valence-corrected chi connectivity index (χ0v) is 13.4. The van der Waals surface area contributed by atoms with Gasteiger partial charge >= 0.3 is 5.69 Å². The van der Waals surface area contributed by atoms with E-state index < -0.39 is 5.69 Å². The molecule has 0 atom stereocenters. The lowest BCUT2D eigenvalue weighted by Crippen LogP contribution is -2.34. The Bertz CT molecular complexity index is 694. The Morgan fingerprint density at radius 3 is 2.91 bits per heavy atom. The number of nitrogens with one attached hydrogen (secondary N) is 2. The quantitative estimate of drug-likeness (QED) is 0.679. The number of nitrogens with two attached hydrogens (primary N) is 1. The van der Waals surface area contributed by atoms with Crippen LogP contribution < -0.4 is 21.5 Å². The topological polar surface area (TPSA) is 93.0 Å². The predicted molar refractivity (Wildman–Crippen MR) is 89.2 cm³/mol. The molecule has 0 aliphatic rings. The van der Waals surface area contributed by atoms with Crippen LogP contribution in [0.25, 0.3) is 10.9 Å². The molecule has 1 heterocycles. The van der Waals surface area contributed by atoms with Crippen LogP contribution in [-0.2, 0) is 0 Å². The van der Waals surface area contributed by atoms with Gasteiger partial charge in [-0.2, -0.15) is 4.98 Å². The van der Waals surface area contributed by atoms with Crippen molar-refractivity contribution in [1.82, 2.24) is 15.3 Å². The van der Waals surface area contributed by atoms with E-state index in [1.807, 2.05) is 12.1 Å². The van der Waals surface area contributed by atoms with E-state index in [0.717, 1.165) is 19.5 Å². The van der Waals surface area contributed by atoms with Gasteiger partial charge in [0.25, 0.3) is 0 Å². The Morgan fingerprint density at radius 1 is 1.41 bits per heavy atom. The fraction of sp³-hybridized carbons (Fsp3) is 0.500. The molecular formula is C16H24N4O2. The van der Waals surface area contributed by atoms with Crippen molar-refractivity contribution in [1.29, 1.82) is 0 Å². The zero-order valence-electron chi connectivity index (χ0n) is 13.4. The predicted octanol–water partition coefficient (Wildman–Crippen LogP) is 1.91. The molecule has 4 N–H and O–H groups in total. The average molecular weight is 304 g/mol. The smallest absolute Gasteiger partial charge is 0.347 e. The number of aromatic amines is 1. The minimum absolute atomic E-state index is 0.0122. The summed E-state index contributed by atoms with van der Waals surface area (Å²) in [6, 6.07) is 5.46. The van der Waals surface area contributed by atoms with Gasteiger partial charge in [-0.1, -0.05) is 26.8 Å². The van der Waals surface area contributed by atoms with Gasteiger partial charge in [-0.05, 0) is 25.1 Å². The monoisotopic (exact) mass is 304 g/mol. The lowest BCUT2D eigenvalue weighted by atomic mass is 9.95. The van der Waals surface area contributed by atoms with Crippen molar-refractivity contribution in [2.75, 3.05) is 25.4 Å². The number of hydrogen-bond donors (Lipinski definition) is 3. The summed E-state index contributed by atoms with van der Waals surface area (Å²) in [5.41, 5.74) is 6.04. The molecule has 22 heavy (non-hydrogen) atoms. The normalized spacial score (nSPS) is 11.8. The van der Waals surface area contributed by atoms with E-state index >= 15 is 0 Å². The second-order valence-corrected chi connectivity index (χ2v) is 6.24. The number of aromatic nitrogens is 2. The van der Waals surface area contributed by atoms with E-state index in [1.165, 1.54) is 0 Å². The molecule has 1 aromatic heterocycles. The highest BCUT2D eigenvalue weighted by molar-refractivity contribution is 5.93. The van der Waals surface area contributed by atoms with Crippen LogP contribution in [0.1, 0.15) is 27.2 Å². The van der Waals surface area contributed by atoms with Gasteiger partial charge in [0.1, 0.15) is 11.6 Å². The fourth-order valence-electron chi connectivity index (χ4n) is 2.26. The van der Waals surface area contributed by atoms with Gasteiger partial charge < -0.3 is 20.8 Å². The standard InChI is InChI=1S/C16H24N4O2/c1-4-8-18-9-16(2,3)10-22-12-7-5-6-11-13(12)14(17)20-15(21)19-11/h5-7,18H,4,8-10H2,1-3H3,(H3,17,19,20,21). The molecule has 0 saturated heterocycles. The summed E-state index contributed by atoms with van der Waals surface area (Å²) in [5, 5.41) is 4.06. The molecule has 2 aromatic rings. The summed E-state index contributed by atoms with van der Waals surface area (Å²) in [4.78, 5) is 17.8. The molecule has 120 valence electrons. The summed E-state index contributed by atoms with van der Waals surface area (Å²) in [7, 11) is 0. The number of ether oxygens (including phenoxy) is 1. The average Bonchev–Trinajstić information content (AvgIpc) is 2.44. The summed E-state index contributed by atoms with van der Waals surface area (Å²) in [6.07, 6.45) is 1.11. The van der Waals surface area contributed by atoms with Crippen LogP contribution in [0.3, 0.4) is 0 Å². The third-order valence-corrected chi connectivity index (χ3v) is 3.39. The van der Waals surface area contributed by atoms with Gasteiger partial charge in [0.2, 0.25) is 0 Å².